The molecule has 7 nitrogen and oxygen atoms in total. The Labute approximate surface area is 120 Å². The Kier molecular flexibility index (Phi) is 3.60. The van der Waals surface area contributed by atoms with Crippen molar-refractivity contribution in [1.82, 2.24) is 14.7 Å². The average molecular weight is 295 g/mol. The zero-order valence-corrected chi connectivity index (χ0v) is 12.0. The maximum atomic E-state index is 11.6. The number of carbonyl (C=O) groups is 1. The van der Waals surface area contributed by atoms with Crippen LogP contribution in [0, 0.1) is 0 Å². The number of carbonyl (C=O) groups excluding carboxylic acids is 1. The second-order valence-electron chi connectivity index (χ2n) is 4.65. The third-order valence-corrected chi connectivity index (χ3v) is 4.17. The summed E-state index contributed by atoms with van der Waals surface area (Å²) in [4.78, 5) is 19.1. The smallest absolute Gasteiger partial charge is 0.242 e. The lowest BCUT2D eigenvalue weighted by atomic mass is 10.2. The van der Waals surface area contributed by atoms with Crippen molar-refractivity contribution in [2.75, 3.05) is 31.7 Å². The highest BCUT2D eigenvalue weighted by Gasteiger charge is 2.31. The number of amides is 1. The van der Waals surface area contributed by atoms with Gasteiger partial charge in [-0.25, -0.2) is 4.98 Å². The van der Waals surface area contributed by atoms with E-state index in [-0.39, 0.29) is 5.91 Å². The number of morpholine rings is 1. The van der Waals surface area contributed by atoms with Crippen LogP contribution in [0.4, 0.5) is 5.82 Å². The molecule has 1 atom stereocenters. The van der Waals surface area contributed by atoms with Crippen molar-refractivity contribution in [2.24, 2.45) is 5.73 Å². The van der Waals surface area contributed by atoms with Crippen molar-refractivity contribution in [3.05, 3.63) is 17.3 Å². The van der Waals surface area contributed by atoms with E-state index in [2.05, 4.69) is 10.3 Å². The summed E-state index contributed by atoms with van der Waals surface area (Å²) in [6.07, 6.45) is 1.99. The van der Waals surface area contributed by atoms with Gasteiger partial charge in [-0.3, -0.25) is 9.20 Å². The minimum Gasteiger partial charge on any atom is -0.377 e. The Balaban J connectivity index is 2.04. The molecule has 1 saturated heterocycles. The van der Waals surface area contributed by atoms with Gasteiger partial charge in [-0.05, 0) is 7.05 Å². The Morgan fingerprint density at radius 1 is 1.70 bits per heavy atom. The number of imidazole rings is 1. The molecule has 1 aliphatic heterocycles. The van der Waals surface area contributed by atoms with Gasteiger partial charge in [0.2, 0.25) is 5.91 Å². The number of anilines is 1. The lowest BCUT2D eigenvalue weighted by Gasteiger charge is -2.34. The first-order valence-corrected chi connectivity index (χ1v) is 7.33. The fourth-order valence-electron chi connectivity index (χ4n) is 2.48. The summed E-state index contributed by atoms with van der Waals surface area (Å²) >= 11 is 1.57. The second kappa shape index (κ2) is 5.39. The first-order chi connectivity index (χ1) is 9.72. The molecule has 0 spiro atoms. The summed E-state index contributed by atoms with van der Waals surface area (Å²) in [5.74, 6) is 0.440. The molecule has 1 unspecified atom stereocenters. The monoisotopic (exact) mass is 295 g/mol. The molecular weight excluding hydrogens is 278 g/mol. The van der Waals surface area contributed by atoms with E-state index in [1.54, 1.807) is 11.3 Å². The molecule has 0 bridgehead atoms. The summed E-state index contributed by atoms with van der Waals surface area (Å²) in [7, 11) is 1.89. The summed E-state index contributed by atoms with van der Waals surface area (Å²) < 4.78 is 7.41. The molecule has 0 aliphatic carbocycles. The highest BCUT2D eigenvalue weighted by atomic mass is 32.1. The molecule has 8 heteroatoms. The van der Waals surface area contributed by atoms with Gasteiger partial charge < -0.3 is 20.7 Å². The van der Waals surface area contributed by atoms with Gasteiger partial charge in [0, 0.05) is 24.7 Å². The van der Waals surface area contributed by atoms with Crippen LogP contribution < -0.4 is 16.0 Å². The van der Waals surface area contributed by atoms with E-state index in [0.29, 0.717) is 26.3 Å². The Hall–Kier alpha value is -1.64. The fraction of sp³-hybridized carbons (Fsp3) is 0.500. The Morgan fingerprint density at radius 3 is 3.30 bits per heavy atom. The molecule has 0 aromatic carbocycles. The van der Waals surface area contributed by atoms with Gasteiger partial charge in [0.05, 0.1) is 18.9 Å². The third-order valence-electron chi connectivity index (χ3n) is 3.41. The van der Waals surface area contributed by atoms with E-state index in [1.807, 2.05) is 27.9 Å². The van der Waals surface area contributed by atoms with Crippen LogP contribution >= 0.6 is 11.3 Å². The lowest BCUT2D eigenvalue weighted by molar-refractivity contribution is -0.121. The lowest BCUT2D eigenvalue weighted by Crippen LogP contribution is -2.53. The molecule has 20 heavy (non-hydrogen) atoms. The predicted octanol–water partition coefficient (Wildman–Crippen LogP) is -0.194. The van der Waals surface area contributed by atoms with Crippen LogP contribution in [-0.2, 0) is 16.1 Å². The van der Waals surface area contributed by atoms with Gasteiger partial charge in [0.15, 0.2) is 10.8 Å². The Morgan fingerprint density at radius 2 is 2.55 bits per heavy atom. The molecule has 1 fully saturated rings. The zero-order valence-electron chi connectivity index (χ0n) is 11.2. The van der Waals surface area contributed by atoms with Gasteiger partial charge in [-0.1, -0.05) is 0 Å². The number of hydrogen-bond donors (Lipinski definition) is 2. The van der Waals surface area contributed by atoms with E-state index < -0.39 is 6.04 Å². The second-order valence-corrected chi connectivity index (χ2v) is 5.53. The van der Waals surface area contributed by atoms with E-state index in [9.17, 15) is 4.79 Å². The van der Waals surface area contributed by atoms with E-state index in [0.717, 1.165) is 16.5 Å². The van der Waals surface area contributed by atoms with Crippen molar-refractivity contribution in [3.8, 4) is 0 Å². The van der Waals surface area contributed by atoms with Crippen LogP contribution in [-0.4, -0.2) is 48.1 Å². The van der Waals surface area contributed by atoms with E-state index in [1.165, 1.54) is 0 Å². The first-order valence-electron chi connectivity index (χ1n) is 6.45. The number of hydrogen-bond acceptors (Lipinski definition) is 6. The molecular formula is C12H17N5O2S. The van der Waals surface area contributed by atoms with Gasteiger partial charge in [0.1, 0.15) is 6.04 Å². The maximum absolute atomic E-state index is 11.6. The van der Waals surface area contributed by atoms with E-state index >= 15 is 0 Å². The number of nitrogens with one attached hydrogen (secondary N) is 1. The number of nitrogens with zero attached hydrogens (tertiary/aromatic N) is 3. The summed E-state index contributed by atoms with van der Waals surface area (Å²) in [5, 5.41) is 5.14. The van der Waals surface area contributed by atoms with Crippen molar-refractivity contribution >= 4 is 28.0 Å². The minimum atomic E-state index is -0.455. The molecule has 1 aliphatic rings. The summed E-state index contributed by atoms with van der Waals surface area (Å²) in [6.45, 7) is 2.19. The first kappa shape index (κ1) is 13.3. The quantitative estimate of drug-likeness (QED) is 0.816. The highest BCUT2D eigenvalue weighted by molar-refractivity contribution is 7.15. The molecule has 2 aromatic heterocycles. The maximum Gasteiger partial charge on any atom is 0.242 e. The molecule has 2 aromatic rings. The highest BCUT2D eigenvalue weighted by Crippen LogP contribution is 2.27. The molecule has 3 N–H and O–H groups in total. The van der Waals surface area contributed by atoms with Crippen molar-refractivity contribution < 1.29 is 9.53 Å². The number of ether oxygens (including phenoxy) is 1. The zero-order chi connectivity index (χ0) is 14.1. The molecule has 1 amide bonds. The topological polar surface area (TPSA) is 84.9 Å². The number of nitrogens with two attached hydrogens (primary N) is 1. The van der Waals surface area contributed by atoms with Crippen molar-refractivity contribution in [3.63, 3.8) is 0 Å². The SMILES string of the molecule is CNCc1c(N2CCOCC2C(N)=O)nc2sccn12. The largest absolute Gasteiger partial charge is 0.377 e. The summed E-state index contributed by atoms with van der Waals surface area (Å²) in [5.41, 5.74) is 6.52. The van der Waals surface area contributed by atoms with Crippen LogP contribution in [0.1, 0.15) is 5.69 Å². The fourth-order valence-corrected chi connectivity index (χ4v) is 3.20. The van der Waals surface area contributed by atoms with Crippen LogP contribution in [0.5, 0.6) is 0 Å². The average Bonchev–Trinajstić information content (AvgIpc) is 3.01. The van der Waals surface area contributed by atoms with Crippen LogP contribution in [0.3, 0.4) is 0 Å². The van der Waals surface area contributed by atoms with Gasteiger partial charge in [-0.2, -0.15) is 0 Å². The predicted molar refractivity (Wildman–Crippen MR) is 77.0 cm³/mol. The number of fused-ring (bicyclic) bond motifs is 1. The third kappa shape index (κ3) is 2.15. The van der Waals surface area contributed by atoms with Crippen LogP contribution in [0.2, 0.25) is 0 Å². The Bertz CT molecular complexity index is 622. The van der Waals surface area contributed by atoms with Crippen LogP contribution in [0.25, 0.3) is 4.96 Å². The molecule has 0 radical (unpaired) electrons. The number of thiazole rings is 1. The number of aromatic nitrogens is 2. The minimum absolute atomic E-state index is 0.319. The number of rotatable bonds is 4. The standard InChI is InChI=1S/C12H17N5O2S/c1-14-6-8-11(15-12-17(8)3-5-20-12)16-2-4-19-7-9(16)10(13)18/h3,5,9,14H,2,4,6-7H2,1H3,(H2,13,18). The molecule has 0 saturated carbocycles. The number of primary amides is 1. The van der Waals surface area contributed by atoms with Gasteiger partial charge in [-0.15, -0.1) is 11.3 Å². The van der Waals surface area contributed by atoms with Gasteiger partial charge >= 0.3 is 0 Å². The normalized spacial score (nSPS) is 19.6. The van der Waals surface area contributed by atoms with E-state index in [4.69, 9.17) is 10.5 Å². The van der Waals surface area contributed by atoms with Crippen molar-refractivity contribution in [1.29, 1.82) is 0 Å². The molecule has 108 valence electrons. The van der Waals surface area contributed by atoms with Gasteiger partial charge in [0.25, 0.3) is 0 Å². The van der Waals surface area contributed by atoms with Crippen LogP contribution in [0.15, 0.2) is 11.6 Å². The summed E-state index contributed by atoms with van der Waals surface area (Å²) in [6, 6.07) is -0.455. The molecule has 3 rings (SSSR count). The molecule has 3 heterocycles. The van der Waals surface area contributed by atoms with Crippen molar-refractivity contribution in [2.45, 2.75) is 12.6 Å².